The maximum atomic E-state index is 6.41. The van der Waals surface area contributed by atoms with Crippen molar-refractivity contribution in [2.75, 3.05) is 10.6 Å². The molecule has 1 unspecified atom stereocenters. The minimum Gasteiger partial charge on any atom is -0.397 e. The molecule has 1 atom stereocenters. The molecule has 2 aliphatic rings. The molecule has 0 amide bonds. The molecule has 1 aliphatic heterocycles. The molecule has 126 valence electrons. The lowest BCUT2D eigenvalue weighted by Gasteiger charge is -2.38. The van der Waals surface area contributed by atoms with E-state index in [0.29, 0.717) is 12.0 Å². The maximum absolute atomic E-state index is 6.41. The molecule has 0 aromatic heterocycles. The Bertz CT molecular complexity index is 563. The van der Waals surface area contributed by atoms with Gasteiger partial charge in [-0.15, -0.1) is 0 Å². The van der Waals surface area contributed by atoms with Crippen LogP contribution in [0, 0.1) is 5.92 Å². The molecule has 0 radical (unpaired) electrons. The van der Waals surface area contributed by atoms with E-state index >= 15 is 0 Å². The molecule has 1 aromatic rings. The summed E-state index contributed by atoms with van der Waals surface area (Å²) in [5, 5.41) is 2.12. The Kier molecular flexibility index (Phi) is 4.81. The fourth-order valence-electron chi connectivity index (χ4n) is 3.66. The normalized spacial score (nSPS) is 22.8. The van der Waals surface area contributed by atoms with Gasteiger partial charge in [0.2, 0.25) is 0 Å². The lowest BCUT2D eigenvalue weighted by molar-refractivity contribution is -0.204. The molecule has 1 fully saturated rings. The van der Waals surface area contributed by atoms with Crippen LogP contribution in [0.5, 0.6) is 0 Å². The molecule has 4 heteroatoms. The second-order valence-electron chi connectivity index (χ2n) is 7.09. The topological polar surface area (TPSA) is 41.7 Å². The lowest BCUT2D eigenvalue weighted by Crippen LogP contribution is -2.45. The molecule has 1 aliphatic carbocycles. The first kappa shape index (κ1) is 16.2. The van der Waals surface area contributed by atoms with Crippen LogP contribution in [0.4, 0.5) is 11.4 Å². The van der Waals surface area contributed by atoms with Crippen molar-refractivity contribution >= 4 is 11.4 Å². The Morgan fingerprint density at radius 3 is 2.48 bits per heavy atom. The highest BCUT2D eigenvalue weighted by atomic mass is 16.7. The molecule has 1 saturated carbocycles. The van der Waals surface area contributed by atoms with E-state index in [4.69, 9.17) is 10.6 Å². The van der Waals surface area contributed by atoms with Gasteiger partial charge >= 0.3 is 0 Å². The van der Waals surface area contributed by atoms with Crippen LogP contribution in [0.3, 0.4) is 0 Å². The van der Waals surface area contributed by atoms with Gasteiger partial charge in [0.1, 0.15) is 6.17 Å². The lowest BCUT2D eigenvalue weighted by atomic mass is 9.98. The van der Waals surface area contributed by atoms with Gasteiger partial charge in [0.15, 0.2) is 0 Å². The average Bonchev–Trinajstić information content (AvgIpc) is 2.85. The van der Waals surface area contributed by atoms with E-state index in [9.17, 15) is 0 Å². The molecule has 1 aromatic carbocycles. The molecule has 1 heterocycles. The Balaban J connectivity index is 1.83. The first-order valence-electron chi connectivity index (χ1n) is 8.85. The van der Waals surface area contributed by atoms with Crippen LogP contribution in [0.15, 0.2) is 36.2 Å². The third kappa shape index (κ3) is 3.32. The van der Waals surface area contributed by atoms with Crippen molar-refractivity contribution in [3.63, 3.8) is 0 Å². The Labute approximate surface area is 139 Å². The predicted molar refractivity (Wildman–Crippen MR) is 95.5 cm³/mol. The van der Waals surface area contributed by atoms with Gasteiger partial charge in [-0.3, -0.25) is 4.84 Å². The molecule has 0 spiro atoms. The highest BCUT2D eigenvalue weighted by Gasteiger charge is 2.36. The summed E-state index contributed by atoms with van der Waals surface area (Å²) in [7, 11) is 0. The fourth-order valence-corrected chi connectivity index (χ4v) is 3.66. The predicted octanol–water partition coefficient (Wildman–Crippen LogP) is 4.50. The number of nitrogen functional groups attached to an aromatic ring is 1. The number of anilines is 2. The summed E-state index contributed by atoms with van der Waals surface area (Å²) in [5.74, 6) is 0.423. The zero-order chi connectivity index (χ0) is 16.4. The van der Waals surface area contributed by atoms with Crippen LogP contribution < -0.4 is 10.6 Å². The van der Waals surface area contributed by atoms with Crippen LogP contribution >= 0.6 is 0 Å². The second kappa shape index (κ2) is 6.83. The van der Waals surface area contributed by atoms with Gasteiger partial charge in [-0.1, -0.05) is 45.2 Å². The van der Waals surface area contributed by atoms with E-state index in [1.807, 2.05) is 18.2 Å². The van der Waals surface area contributed by atoms with Crippen LogP contribution in [0.25, 0.3) is 0 Å². The standard InChI is InChI=1S/C19H29N3O/c1-14(2)19-21(18-12-8-7-11-17(18)20)13-15(3)22(19)23-16-9-5-4-6-10-16/h7-8,11-14,16,19H,4-6,9-10,20H2,1-3H3. The zero-order valence-electron chi connectivity index (χ0n) is 14.5. The third-order valence-corrected chi connectivity index (χ3v) is 4.82. The van der Waals surface area contributed by atoms with E-state index in [-0.39, 0.29) is 6.17 Å². The van der Waals surface area contributed by atoms with Crippen molar-refractivity contribution in [1.29, 1.82) is 0 Å². The van der Waals surface area contributed by atoms with Gasteiger partial charge in [0.25, 0.3) is 0 Å². The smallest absolute Gasteiger partial charge is 0.133 e. The summed E-state index contributed by atoms with van der Waals surface area (Å²) >= 11 is 0. The number of benzene rings is 1. The highest BCUT2D eigenvalue weighted by molar-refractivity contribution is 5.69. The van der Waals surface area contributed by atoms with E-state index in [2.05, 4.69) is 43.0 Å². The Hall–Kier alpha value is -1.68. The number of nitrogens with zero attached hydrogens (tertiary/aromatic N) is 2. The fraction of sp³-hybridized carbons (Fsp3) is 0.579. The van der Waals surface area contributed by atoms with Crippen molar-refractivity contribution in [1.82, 2.24) is 5.06 Å². The van der Waals surface area contributed by atoms with Crippen LogP contribution in [-0.2, 0) is 4.84 Å². The van der Waals surface area contributed by atoms with Gasteiger partial charge in [-0.05, 0) is 37.8 Å². The molecular formula is C19H29N3O. The van der Waals surface area contributed by atoms with Crippen LogP contribution in [0.1, 0.15) is 52.9 Å². The number of hydrogen-bond acceptors (Lipinski definition) is 4. The number of allylic oxidation sites excluding steroid dienone is 1. The minimum atomic E-state index is 0.154. The Morgan fingerprint density at radius 1 is 1.13 bits per heavy atom. The quantitative estimate of drug-likeness (QED) is 0.831. The summed E-state index contributed by atoms with van der Waals surface area (Å²) in [6, 6.07) is 8.06. The van der Waals surface area contributed by atoms with Gasteiger partial charge in [-0.2, -0.15) is 0 Å². The van der Waals surface area contributed by atoms with E-state index in [1.165, 1.54) is 32.1 Å². The second-order valence-corrected chi connectivity index (χ2v) is 7.09. The average molecular weight is 315 g/mol. The minimum absolute atomic E-state index is 0.154. The molecule has 0 saturated heterocycles. The summed E-state index contributed by atoms with van der Waals surface area (Å²) in [6.45, 7) is 6.60. The number of para-hydroxylation sites is 2. The van der Waals surface area contributed by atoms with E-state index in [0.717, 1.165) is 17.1 Å². The van der Waals surface area contributed by atoms with Gasteiger partial charge in [0, 0.05) is 6.20 Å². The first-order valence-corrected chi connectivity index (χ1v) is 8.85. The molecule has 4 nitrogen and oxygen atoms in total. The van der Waals surface area contributed by atoms with Crippen molar-refractivity contribution in [3.8, 4) is 0 Å². The SMILES string of the molecule is CC1=CN(c2ccccc2N)C(C(C)C)N1OC1CCCCC1. The summed E-state index contributed by atoms with van der Waals surface area (Å²) in [4.78, 5) is 8.67. The number of hydrogen-bond donors (Lipinski definition) is 1. The molecule has 3 rings (SSSR count). The Morgan fingerprint density at radius 2 is 1.83 bits per heavy atom. The number of hydroxylamine groups is 2. The zero-order valence-corrected chi connectivity index (χ0v) is 14.5. The molecular weight excluding hydrogens is 286 g/mol. The third-order valence-electron chi connectivity index (χ3n) is 4.82. The molecule has 0 bridgehead atoms. The first-order chi connectivity index (χ1) is 11.1. The van der Waals surface area contributed by atoms with Crippen molar-refractivity contribution in [2.45, 2.75) is 65.1 Å². The number of nitrogens with two attached hydrogens (primary N) is 1. The van der Waals surface area contributed by atoms with Crippen molar-refractivity contribution in [3.05, 3.63) is 36.2 Å². The van der Waals surface area contributed by atoms with E-state index in [1.54, 1.807) is 0 Å². The van der Waals surface area contributed by atoms with Gasteiger partial charge in [-0.25, -0.2) is 5.06 Å². The highest BCUT2D eigenvalue weighted by Crippen LogP contribution is 2.36. The van der Waals surface area contributed by atoms with Crippen molar-refractivity contribution in [2.24, 2.45) is 5.92 Å². The van der Waals surface area contributed by atoms with E-state index < -0.39 is 0 Å². The summed E-state index contributed by atoms with van der Waals surface area (Å²) in [6.07, 6.45) is 8.91. The largest absolute Gasteiger partial charge is 0.397 e. The number of rotatable bonds is 4. The van der Waals surface area contributed by atoms with Crippen molar-refractivity contribution < 1.29 is 4.84 Å². The summed E-state index contributed by atoms with van der Waals surface area (Å²) < 4.78 is 0. The van der Waals surface area contributed by atoms with Gasteiger partial charge in [0.05, 0.1) is 23.2 Å². The maximum Gasteiger partial charge on any atom is 0.133 e. The monoisotopic (exact) mass is 315 g/mol. The van der Waals surface area contributed by atoms with Crippen LogP contribution in [0.2, 0.25) is 0 Å². The van der Waals surface area contributed by atoms with Gasteiger partial charge < -0.3 is 10.6 Å². The van der Waals surface area contributed by atoms with Crippen LogP contribution in [-0.4, -0.2) is 17.3 Å². The molecule has 23 heavy (non-hydrogen) atoms. The summed E-state index contributed by atoms with van der Waals surface area (Å²) in [5.41, 5.74) is 9.22. The molecule has 2 N–H and O–H groups in total.